The largest absolute Gasteiger partial charge is 0.381 e. The Balaban J connectivity index is 1.61. The van der Waals surface area contributed by atoms with Crippen molar-refractivity contribution >= 4 is 16.5 Å². The van der Waals surface area contributed by atoms with E-state index < -0.39 is 0 Å². The summed E-state index contributed by atoms with van der Waals surface area (Å²) in [5.41, 5.74) is 1.23. The first-order chi connectivity index (χ1) is 10.7. The summed E-state index contributed by atoms with van der Waals surface area (Å²) in [6.07, 6.45) is 7.66. The molecule has 1 aliphatic rings. The Morgan fingerprint density at radius 1 is 1.27 bits per heavy atom. The maximum absolute atomic E-state index is 4.18. The van der Waals surface area contributed by atoms with E-state index in [1.807, 2.05) is 12.4 Å². The van der Waals surface area contributed by atoms with Gasteiger partial charge in [-0.05, 0) is 61.9 Å². The second kappa shape index (κ2) is 7.10. The Bertz CT molecular complexity index is 608. The molecular formula is C19H27N3. The molecule has 22 heavy (non-hydrogen) atoms. The number of piperidine rings is 1. The molecule has 0 amide bonds. The van der Waals surface area contributed by atoms with Gasteiger partial charge in [-0.3, -0.25) is 4.98 Å². The van der Waals surface area contributed by atoms with Crippen molar-refractivity contribution in [3.63, 3.8) is 0 Å². The lowest BCUT2D eigenvalue weighted by molar-refractivity contribution is 0.206. The summed E-state index contributed by atoms with van der Waals surface area (Å²) in [5.74, 6) is 0.794. The molecular weight excluding hydrogens is 270 g/mol. The molecule has 1 aliphatic heterocycles. The normalized spacial score (nSPS) is 19.7. The Labute approximate surface area is 133 Å². The maximum atomic E-state index is 4.18. The summed E-state index contributed by atoms with van der Waals surface area (Å²) >= 11 is 0. The molecule has 3 nitrogen and oxygen atoms in total. The molecule has 0 spiro atoms. The number of likely N-dealkylation sites (tertiary alicyclic amines) is 1. The van der Waals surface area contributed by atoms with Gasteiger partial charge in [-0.15, -0.1) is 0 Å². The Morgan fingerprint density at radius 3 is 3.05 bits per heavy atom. The van der Waals surface area contributed by atoms with Crippen molar-refractivity contribution in [2.45, 2.75) is 39.2 Å². The molecule has 0 saturated carbocycles. The molecule has 1 fully saturated rings. The topological polar surface area (TPSA) is 28.2 Å². The second-order valence-electron chi connectivity index (χ2n) is 6.90. The smallest absolute Gasteiger partial charge is 0.0388 e. The monoisotopic (exact) mass is 297 g/mol. The van der Waals surface area contributed by atoms with E-state index in [1.165, 1.54) is 55.4 Å². The van der Waals surface area contributed by atoms with Crippen molar-refractivity contribution in [3.8, 4) is 0 Å². The van der Waals surface area contributed by atoms with Crippen LogP contribution in [0.4, 0.5) is 5.69 Å². The molecule has 0 radical (unpaired) electrons. The molecule has 3 rings (SSSR count). The SMILES string of the molecule is CC(C)CCN1CCC[C@@H](Nc2ccc3cnccc3c2)C1. The summed E-state index contributed by atoms with van der Waals surface area (Å²) in [7, 11) is 0. The number of hydrogen-bond acceptors (Lipinski definition) is 3. The Kier molecular flexibility index (Phi) is 4.94. The molecule has 1 aromatic carbocycles. The van der Waals surface area contributed by atoms with E-state index in [4.69, 9.17) is 0 Å². The highest BCUT2D eigenvalue weighted by Gasteiger charge is 2.19. The number of benzene rings is 1. The van der Waals surface area contributed by atoms with Crippen LogP contribution in [0.15, 0.2) is 36.7 Å². The van der Waals surface area contributed by atoms with E-state index in [2.05, 4.69) is 53.3 Å². The number of pyridine rings is 1. The molecule has 3 heteroatoms. The fourth-order valence-corrected chi connectivity index (χ4v) is 3.23. The number of hydrogen-bond donors (Lipinski definition) is 1. The van der Waals surface area contributed by atoms with E-state index in [9.17, 15) is 0 Å². The van der Waals surface area contributed by atoms with Crippen molar-refractivity contribution < 1.29 is 0 Å². The first kappa shape index (κ1) is 15.3. The Hall–Kier alpha value is -1.61. The van der Waals surface area contributed by atoms with E-state index >= 15 is 0 Å². The molecule has 118 valence electrons. The molecule has 1 atom stereocenters. The summed E-state index contributed by atoms with van der Waals surface area (Å²) in [6, 6.07) is 9.22. The van der Waals surface area contributed by atoms with Crippen LogP contribution in [0.3, 0.4) is 0 Å². The van der Waals surface area contributed by atoms with Gasteiger partial charge in [-0.25, -0.2) is 0 Å². The predicted octanol–water partition coefficient (Wildman–Crippen LogP) is 4.16. The summed E-state index contributed by atoms with van der Waals surface area (Å²) in [6.45, 7) is 8.28. The summed E-state index contributed by atoms with van der Waals surface area (Å²) in [4.78, 5) is 6.79. The van der Waals surface area contributed by atoms with Gasteiger partial charge in [0.1, 0.15) is 0 Å². The van der Waals surface area contributed by atoms with E-state index in [0.29, 0.717) is 6.04 Å². The number of fused-ring (bicyclic) bond motifs is 1. The van der Waals surface area contributed by atoms with Crippen LogP contribution in [0.2, 0.25) is 0 Å². The molecule has 1 aromatic heterocycles. The van der Waals surface area contributed by atoms with Gasteiger partial charge in [-0.2, -0.15) is 0 Å². The molecule has 0 aliphatic carbocycles. The highest BCUT2D eigenvalue weighted by atomic mass is 15.2. The first-order valence-corrected chi connectivity index (χ1v) is 8.53. The number of nitrogens with zero attached hydrogens (tertiary/aromatic N) is 2. The lowest BCUT2D eigenvalue weighted by Crippen LogP contribution is -2.42. The van der Waals surface area contributed by atoms with Gasteiger partial charge in [0.25, 0.3) is 0 Å². The number of aromatic nitrogens is 1. The van der Waals surface area contributed by atoms with E-state index in [-0.39, 0.29) is 0 Å². The van der Waals surface area contributed by atoms with Crippen molar-refractivity contribution in [1.29, 1.82) is 0 Å². The summed E-state index contributed by atoms with van der Waals surface area (Å²) < 4.78 is 0. The van der Waals surface area contributed by atoms with E-state index in [1.54, 1.807) is 0 Å². The zero-order chi connectivity index (χ0) is 15.4. The van der Waals surface area contributed by atoms with Crippen LogP contribution in [0.5, 0.6) is 0 Å². The second-order valence-corrected chi connectivity index (χ2v) is 6.90. The average molecular weight is 297 g/mol. The predicted molar refractivity (Wildman–Crippen MR) is 94.3 cm³/mol. The van der Waals surface area contributed by atoms with Gasteiger partial charge in [-0.1, -0.05) is 19.9 Å². The van der Waals surface area contributed by atoms with Crippen LogP contribution in [0, 0.1) is 5.92 Å². The lowest BCUT2D eigenvalue weighted by Gasteiger charge is -2.34. The van der Waals surface area contributed by atoms with Crippen LogP contribution in [0.25, 0.3) is 10.8 Å². The third-order valence-corrected chi connectivity index (χ3v) is 4.54. The zero-order valence-corrected chi connectivity index (χ0v) is 13.8. The molecule has 2 aromatic rings. The van der Waals surface area contributed by atoms with Crippen molar-refractivity contribution in [1.82, 2.24) is 9.88 Å². The fraction of sp³-hybridized carbons (Fsp3) is 0.526. The van der Waals surface area contributed by atoms with Crippen LogP contribution < -0.4 is 5.32 Å². The maximum Gasteiger partial charge on any atom is 0.0388 e. The molecule has 0 unspecified atom stereocenters. The van der Waals surface area contributed by atoms with Gasteiger partial charge >= 0.3 is 0 Å². The minimum atomic E-state index is 0.570. The minimum Gasteiger partial charge on any atom is -0.381 e. The quantitative estimate of drug-likeness (QED) is 0.898. The minimum absolute atomic E-state index is 0.570. The molecule has 1 N–H and O–H groups in total. The van der Waals surface area contributed by atoms with Gasteiger partial charge in [0, 0.05) is 36.1 Å². The molecule has 2 heterocycles. The van der Waals surface area contributed by atoms with Crippen molar-refractivity contribution in [2.24, 2.45) is 5.92 Å². The standard InChI is InChI=1S/C19H27N3/c1-15(2)8-11-22-10-3-4-19(14-22)21-18-6-5-17-13-20-9-7-16(17)12-18/h5-7,9,12-13,15,19,21H,3-4,8,10-11,14H2,1-2H3/t19-/m1/s1. The van der Waals surface area contributed by atoms with Crippen LogP contribution in [-0.2, 0) is 0 Å². The van der Waals surface area contributed by atoms with Crippen LogP contribution in [0.1, 0.15) is 33.1 Å². The highest BCUT2D eigenvalue weighted by Crippen LogP contribution is 2.21. The third kappa shape index (κ3) is 3.98. The number of nitrogens with one attached hydrogen (secondary N) is 1. The highest BCUT2D eigenvalue weighted by molar-refractivity contribution is 5.84. The van der Waals surface area contributed by atoms with Crippen molar-refractivity contribution in [3.05, 3.63) is 36.7 Å². The Morgan fingerprint density at radius 2 is 2.18 bits per heavy atom. The van der Waals surface area contributed by atoms with E-state index in [0.717, 1.165) is 5.92 Å². The van der Waals surface area contributed by atoms with Crippen molar-refractivity contribution in [2.75, 3.05) is 25.0 Å². The fourth-order valence-electron chi connectivity index (χ4n) is 3.23. The first-order valence-electron chi connectivity index (χ1n) is 8.53. The molecule has 0 bridgehead atoms. The lowest BCUT2D eigenvalue weighted by atomic mass is 10.0. The van der Waals surface area contributed by atoms with Gasteiger partial charge in [0.05, 0.1) is 0 Å². The van der Waals surface area contributed by atoms with Gasteiger partial charge < -0.3 is 10.2 Å². The van der Waals surface area contributed by atoms with Gasteiger partial charge in [0.15, 0.2) is 0 Å². The van der Waals surface area contributed by atoms with Crippen LogP contribution >= 0.6 is 0 Å². The summed E-state index contributed by atoms with van der Waals surface area (Å²) in [5, 5.41) is 6.19. The average Bonchev–Trinajstić information content (AvgIpc) is 2.53. The van der Waals surface area contributed by atoms with Crippen LogP contribution in [-0.4, -0.2) is 35.6 Å². The number of rotatable bonds is 5. The zero-order valence-electron chi connectivity index (χ0n) is 13.8. The third-order valence-electron chi connectivity index (χ3n) is 4.54. The van der Waals surface area contributed by atoms with Gasteiger partial charge in [0.2, 0.25) is 0 Å². The number of anilines is 1. The molecule has 1 saturated heterocycles.